The van der Waals surface area contributed by atoms with Gasteiger partial charge >= 0.3 is 0 Å². The van der Waals surface area contributed by atoms with Crippen molar-refractivity contribution < 1.29 is 0 Å². The number of hydrogen-bond acceptors (Lipinski definition) is 3. The molecule has 0 amide bonds. The predicted octanol–water partition coefficient (Wildman–Crippen LogP) is 16.6. The van der Waals surface area contributed by atoms with E-state index in [2.05, 4.69) is 240 Å². The van der Waals surface area contributed by atoms with E-state index in [4.69, 9.17) is 0 Å². The molecule has 11 aromatic rings. The first-order valence-corrected chi connectivity index (χ1v) is 20.9. The van der Waals surface area contributed by atoms with Crippen LogP contribution in [-0.4, -0.2) is 0 Å². The molecule has 0 aliphatic heterocycles. The highest BCUT2D eigenvalue weighted by Crippen LogP contribution is 2.49. The molecular weight excluding hydrogens is 733 g/mol. The number of rotatable bonds is 8. The van der Waals surface area contributed by atoms with E-state index in [0.29, 0.717) is 0 Å². The molecule has 0 aliphatic rings. The molecule has 3 heteroatoms. The third kappa shape index (κ3) is 6.12. The lowest BCUT2D eigenvalue weighted by atomic mass is 9.96. The van der Waals surface area contributed by atoms with Gasteiger partial charge in [0.15, 0.2) is 0 Å². The molecule has 1 aromatic heterocycles. The number of anilines is 6. The molecule has 0 radical (unpaired) electrons. The Hall–Kier alpha value is -7.46. The van der Waals surface area contributed by atoms with E-state index in [1.54, 1.807) is 0 Å². The highest BCUT2D eigenvalue weighted by Gasteiger charge is 2.22. The second kappa shape index (κ2) is 14.8. The zero-order valence-electron chi connectivity index (χ0n) is 32.2. The van der Waals surface area contributed by atoms with Crippen LogP contribution in [-0.2, 0) is 0 Å². The Morgan fingerprint density at radius 1 is 0.288 bits per heavy atom. The molecule has 0 spiro atoms. The molecule has 2 nitrogen and oxygen atoms in total. The monoisotopic (exact) mass is 770 g/mol. The average molecular weight is 771 g/mol. The molecule has 11 rings (SSSR count). The molecular formula is C56H38N2S. The van der Waals surface area contributed by atoms with Crippen molar-refractivity contribution in [2.24, 2.45) is 0 Å². The van der Waals surface area contributed by atoms with Crippen LogP contribution in [0.1, 0.15) is 0 Å². The second-order valence-corrected chi connectivity index (χ2v) is 15.9. The summed E-state index contributed by atoms with van der Waals surface area (Å²) in [5.41, 5.74) is 11.5. The van der Waals surface area contributed by atoms with Crippen molar-refractivity contribution in [2.75, 3.05) is 9.80 Å². The van der Waals surface area contributed by atoms with E-state index < -0.39 is 0 Å². The zero-order chi connectivity index (χ0) is 39.1. The number of thiophene rings is 1. The number of fused-ring (bicyclic) bond motifs is 8. The maximum absolute atomic E-state index is 2.41. The predicted molar refractivity (Wildman–Crippen MR) is 255 cm³/mol. The highest BCUT2D eigenvalue weighted by atomic mass is 32.1. The molecule has 278 valence electrons. The van der Waals surface area contributed by atoms with Gasteiger partial charge in [-0.3, -0.25) is 0 Å². The van der Waals surface area contributed by atoms with E-state index in [0.717, 1.165) is 34.1 Å². The summed E-state index contributed by atoms with van der Waals surface area (Å²) in [6, 6.07) is 83.4. The van der Waals surface area contributed by atoms with Gasteiger partial charge in [0.2, 0.25) is 0 Å². The summed E-state index contributed by atoms with van der Waals surface area (Å²) >= 11 is 1.90. The summed E-state index contributed by atoms with van der Waals surface area (Å²) in [5, 5.41) is 7.65. The SMILES string of the molecule is c1ccc(-c2ccccc2N(c2ccccc2)c2ccc3c(c2)sc2c4ccc(N(c5ccccc5)c5ccccc5-c5ccccc5)cc4c4ccccc4c32)cc1. The van der Waals surface area contributed by atoms with Gasteiger partial charge in [0.05, 0.1) is 11.4 Å². The average Bonchev–Trinajstić information content (AvgIpc) is 3.70. The van der Waals surface area contributed by atoms with E-state index in [1.165, 1.54) is 64.0 Å². The Labute approximate surface area is 348 Å². The summed E-state index contributed by atoms with van der Waals surface area (Å²) in [5.74, 6) is 0. The van der Waals surface area contributed by atoms with Crippen LogP contribution in [0.4, 0.5) is 34.1 Å². The van der Waals surface area contributed by atoms with Gasteiger partial charge in [0.25, 0.3) is 0 Å². The number of para-hydroxylation sites is 4. The third-order valence-electron chi connectivity index (χ3n) is 11.4. The quantitative estimate of drug-likeness (QED) is 0.142. The number of hydrogen-bond donors (Lipinski definition) is 0. The van der Waals surface area contributed by atoms with Gasteiger partial charge in [0.1, 0.15) is 0 Å². The molecule has 0 saturated carbocycles. The first kappa shape index (κ1) is 34.8. The van der Waals surface area contributed by atoms with E-state index in [1.807, 2.05) is 11.3 Å². The Balaban J connectivity index is 1.12. The normalized spacial score (nSPS) is 11.4. The minimum atomic E-state index is 1.12. The van der Waals surface area contributed by atoms with Gasteiger partial charge in [-0.25, -0.2) is 0 Å². The molecule has 10 aromatic carbocycles. The lowest BCUT2D eigenvalue weighted by molar-refractivity contribution is 1.29. The second-order valence-electron chi connectivity index (χ2n) is 14.9. The van der Waals surface area contributed by atoms with Gasteiger partial charge < -0.3 is 9.80 Å². The first-order valence-electron chi connectivity index (χ1n) is 20.1. The fraction of sp³-hybridized carbons (Fsp3) is 0. The van der Waals surface area contributed by atoms with Crippen LogP contribution in [0.2, 0.25) is 0 Å². The van der Waals surface area contributed by atoms with E-state index in [-0.39, 0.29) is 0 Å². The number of nitrogens with zero attached hydrogens (tertiary/aromatic N) is 2. The Morgan fingerprint density at radius 3 is 1.29 bits per heavy atom. The lowest BCUT2D eigenvalue weighted by Gasteiger charge is -2.28. The topological polar surface area (TPSA) is 6.48 Å². The van der Waals surface area contributed by atoms with Crippen molar-refractivity contribution >= 4 is 87.2 Å². The largest absolute Gasteiger partial charge is 0.310 e. The van der Waals surface area contributed by atoms with Gasteiger partial charge in [0, 0.05) is 59.4 Å². The minimum absolute atomic E-state index is 1.12. The Kier molecular flexibility index (Phi) is 8.72. The van der Waals surface area contributed by atoms with Gasteiger partial charge in [-0.05, 0) is 87.9 Å². The molecule has 0 atom stereocenters. The van der Waals surface area contributed by atoms with Crippen molar-refractivity contribution in [3.63, 3.8) is 0 Å². The molecule has 0 saturated heterocycles. The molecule has 0 bridgehead atoms. The number of benzene rings is 10. The molecule has 0 unspecified atom stereocenters. The fourth-order valence-corrected chi connectivity index (χ4v) is 10.1. The molecule has 1 heterocycles. The van der Waals surface area contributed by atoms with Crippen molar-refractivity contribution in [3.05, 3.63) is 231 Å². The fourth-order valence-electron chi connectivity index (χ4n) is 8.78. The van der Waals surface area contributed by atoms with Crippen LogP contribution >= 0.6 is 11.3 Å². The van der Waals surface area contributed by atoms with Gasteiger partial charge in [-0.2, -0.15) is 0 Å². The maximum Gasteiger partial charge on any atom is 0.0540 e. The Morgan fingerprint density at radius 2 is 0.729 bits per heavy atom. The maximum atomic E-state index is 2.41. The van der Waals surface area contributed by atoms with E-state index >= 15 is 0 Å². The standard InChI is InChI=1S/C56H38N2S/c1-5-19-39(20-6-1)45-27-15-17-31-52(45)57(41-23-9-3-10-24-41)43-33-35-49-51(37-43)47-29-13-14-30-48(47)55-50-36-34-44(38-54(50)59-56(49)55)58(42-25-11-4-12-26-42)53-32-18-16-28-46(53)40-21-7-2-8-22-40/h1-38H. The minimum Gasteiger partial charge on any atom is -0.310 e. The Bertz CT molecular complexity index is 3270. The summed E-state index contributed by atoms with van der Waals surface area (Å²) in [7, 11) is 0. The summed E-state index contributed by atoms with van der Waals surface area (Å²) in [6.45, 7) is 0. The van der Waals surface area contributed by atoms with Crippen LogP contribution in [0.15, 0.2) is 231 Å². The van der Waals surface area contributed by atoms with Crippen LogP contribution in [0.5, 0.6) is 0 Å². The highest BCUT2D eigenvalue weighted by molar-refractivity contribution is 7.27. The molecule has 0 N–H and O–H groups in total. The third-order valence-corrected chi connectivity index (χ3v) is 12.6. The summed E-state index contributed by atoms with van der Waals surface area (Å²) < 4.78 is 2.57. The summed E-state index contributed by atoms with van der Waals surface area (Å²) in [6.07, 6.45) is 0. The first-order chi connectivity index (χ1) is 29.3. The van der Waals surface area contributed by atoms with Gasteiger partial charge in [-0.15, -0.1) is 11.3 Å². The van der Waals surface area contributed by atoms with E-state index in [9.17, 15) is 0 Å². The smallest absolute Gasteiger partial charge is 0.0540 e. The zero-order valence-corrected chi connectivity index (χ0v) is 33.1. The van der Waals surface area contributed by atoms with Gasteiger partial charge in [-0.1, -0.05) is 170 Å². The van der Waals surface area contributed by atoms with Crippen molar-refractivity contribution in [1.82, 2.24) is 0 Å². The van der Waals surface area contributed by atoms with Crippen molar-refractivity contribution in [3.8, 4) is 22.3 Å². The van der Waals surface area contributed by atoms with Crippen LogP contribution in [0, 0.1) is 0 Å². The molecule has 0 aliphatic carbocycles. The van der Waals surface area contributed by atoms with Crippen LogP contribution < -0.4 is 9.80 Å². The van der Waals surface area contributed by atoms with Crippen LogP contribution in [0.3, 0.4) is 0 Å². The lowest BCUT2D eigenvalue weighted by Crippen LogP contribution is -2.11. The molecule has 0 fully saturated rings. The van der Waals surface area contributed by atoms with Crippen molar-refractivity contribution in [2.45, 2.75) is 0 Å². The molecule has 59 heavy (non-hydrogen) atoms. The van der Waals surface area contributed by atoms with Crippen molar-refractivity contribution in [1.29, 1.82) is 0 Å². The summed E-state index contributed by atoms with van der Waals surface area (Å²) in [4.78, 5) is 4.81. The van der Waals surface area contributed by atoms with Crippen LogP contribution in [0.25, 0.3) is 64.0 Å².